The minimum atomic E-state index is 0.152. The van der Waals surface area contributed by atoms with Gasteiger partial charge in [-0.2, -0.15) is 9.97 Å². The number of nitrogens with two attached hydrogens (primary N) is 1. The molecular formula is C10H12ClN5O. The van der Waals surface area contributed by atoms with Gasteiger partial charge in [0.05, 0.1) is 6.33 Å². The molecule has 0 aliphatic heterocycles. The number of imidazole rings is 1. The molecule has 0 saturated heterocycles. The standard InChI is InChI=1S/C10H12ClN5O/c11-8-7-9(15-10(12)14-8)16(4-13-7)2-5-1-6(5)3-17/h4-6,17H,1-3H2,(H2,12,14,15). The van der Waals surface area contributed by atoms with Gasteiger partial charge in [0.1, 0.15) is 5.52 Å². The minimum absolute atomic E-state index is 0.152. The smallest absolute Gasteiger partial charge is 0.223 e. The highest BCUT2D eigenvalue weighted by Gasteiger charge is 2.36. The molecule has 0 amide bonds. The fourth-order valence-corrected chi connectivity index (χ4v) is 2.29. The first-order chi connectivity index (χ1) is 8.19. The van der Waals surface area contributed by atoms with Crippen LogP contribution in [-0.2, 0) is 6.54 Å². The highest BCUT2D eigenvalue weighted by Crippen LogP contribution is 2.39. The van der Waals surface area contributed by atoms with Gasteiger partial charge in [-0.3, -0.25) is 0 Å². The van der Waals surface area contributed by atoms with Crippen LogP contribution in [0.3, 0.4) is 0 Å². The minimum Gasteiger partial charge on any atom is -0.396 e. The lowest BCUT2D eigenvalue weighted by molar-refractivity contribution is 0.266. The molecule has 2 unspecified atom stereocenters. The molecule has 7 heteroatoms. The van der Waals surface area contributed by atoms with E-state index in [2.05, 4.69) is 15.0 Å². The lowest BCUT2D eigenvalue weighted by atomic mass is 10.3. The Morgan fingerprint density at radius 1 is 1.47 bits per heavy atom. The van der Waals surface area contributed by atoms with Crippen molar-refractivity contribution in [2.24, 2.45) is 11.8 Å². The molecule has 0 bridgehead atoms. The molecule has 1 fully saturated rings. The summed E-state index contributed by atoms with van der Waals surface area (Å²) in [5.74, 6) is 1.05. The zero-order valence-electron chi connectivity index (χ0n) is 9.04. The summed E-state index contributed by atoms with van der Waals surface area (Å²) in [6.45, 7) is 1.03. The van der Waals surface area contributed by atoms with Crippen molar-refractivity contribution >= 4 is 28.7 Å². The Balaban J connectivity index is 1.95. The molecule has 1 aliphatic carbocycles. The summed E-state index contributed by atoms with van der Waals surface area (Å²) in [5.41, 5.74) is 6.79. The summed E-state index contributed by atoms with van der Waals surface area (Å²) in [5, 5.41) is 9.29. The van der Waals surface area contributed by atoms with Crippen LogP contribution < -0.4 is 5.73 Å². The number of aliphatic hydroxyl groups excluding tert-OH is 1. The molecule has 17 heavy (non-hydrogen) atoms. The fraction of sp³-hybridized carbons (Fsp3) is 0.500. The zero-order valence-corrected chi connectivity index (χ0v) is 9.80. The third-order valence-corrected chi connectivity index (χ3v) is 3.44. The van der Waals surface area contributed by atoms with Crippen LogP contribution in [0.1, 0.15) is 6.42 Å². The number of halogens is 1. The van der Waals surface area contributed by atoms with Crippen LogP contribution in [0, 0.1) is 11.8 Å². The van der Waals surface area contributed by atoms with Gasteiger partial charge in [0, 0.05) is 13.2 Å². The number of nitrogens with zero attached hydrogens (tertiary/aromatic N) is 4. The van der Waals surface area contributed by atoms with Crippen molar-refractivity contribution < 1.29 is 5.11 Å². The van der Waals surface area contributed by atoms with Crippen LogP contribution in [0.25, 0.3) is 11.2 Å². The second-order valence-corrected chi connectivity index (χ2v) is 4.74. The van der Waals surface area contributed by atoms with E-state index < -0.39 is 0 Å². The van der Waals surface area contributed by atoms with E-state index >= 15 is 0 Å². The number of nitrogen functional groups attached to an aromatic ring is 1. The monoisotopic (exact) mass is 253 g/mol. The fourth-order valence-electron chi connectivity index (χ4n) is 2.07. The maximum Gasteiger partial charge on any atom is 0.223 e. The van der Waals surface area contributed by atoms with E-state index in [1.165, 1.54) is 0 Å². The molecule has 0 spiro atoms. The van der Waals surface area contributed by atoms with Crippen molar-refractivity contribution in [3.05, 3.63) is 11.5 Å². The molecule has 2 atom stereocenters. The topological polar surface area (TPSA) is 89.8 Å². The quantitative estimate of drug-likeness (QED) is 0.786. The van der Waals surface area contributed by atoms with E-state index in [1.807, 2.05) is 4.57 Å². The summed E-state index contributed by atoms with van der Waals surface area (Å²) < 4.78 is 1.92. The van der Waals surface area contributed by atoms with Gasteiger partial charge in [0.2, 0.25) is 5.95 Å². The van der Waals surface area contributed by atoms with Gasteiger partial charge in [-0.15, -0.1) is 0 Å². The second kappa shape index (κ2) is 3.82. The van der Waals surface area contributed by atoms with Crippen LogP contribution in [0.2, 0.25) is 5.15 Å². The Labute approximate surface area is 102 Å². The molecule has 2 heterocycles. The molecule has 1 aliphatic rings. The van der Waals surface area contributed by atoms with Crippen molar-refractivity contribution in [1.82, 2.24) is 19.5 Å². The normalized spacial score (nSPS) is 23.2. The molecule has 2 aromatic heterocycles. The lowest BCUT2D eigenvalue weighted by Crippen LogP contribution is -2.04. The summed E-state index contributed by atoms with van der Waals surface area (Å²) in [6.07, 6.45) is 2.74. The summed E-state index contributed by atoms with van der Waals surface area (Å²) in [4.78, 5) is 12.2. The van der Waals surface area contributed by atoms with Gasteiger partial charge in [-0.1, -0.05) is 11.6 Å². The van der Waals surface area contributed by atoms with Crippen LogP contribution in [0.15, 0.2) is 6.33 Å². The molecule has 0 aromatic carbocycles. The van der Waals surface area contributed by atoms with Crippen LogP contribution in [0.4, 0.5) is 5.95 Å². The Morgan fingerprint density at radius 2 is 2.29 bits per heavy atom. The largest absolute Gasteiger partial charge is 0.396 e. The highest BCUT2D eigenvalue weighted by molar-refractivity contribution is 6.33. The SMILES string of the molecule is Nc1nc(Cl)c2ncn(CC3CC3CO)c2n1. The van der Waals surface area contributed by atoms with Crippen molar-refractivity contribution in [3.8, 4) is 0 Å². The molecular weight excluding hydrogens is 242 g/mol. The Kier molecular flexibility index (Phi) is 2.41. The summed E-state index contributed by atoms with van der Waals surface area (Å²) >= 11 is 5.94. The van der Waals surface area contributed by atoms with E-state index in [-0.39, 0.29) is 17.7 Å². The average molecular weight is 254 g/mol. The number of rotatable bonds is 3. The number of aromatic nitrogens is 4. The van der Waals surface area contributed by atoms with Gasteiger partial charge in [-0.05, 0) is 18.3 Å². The van der Waals surface area contributed by atoms with E-state index in [4.69, 9.17) is 22.4 Å². The predicted molar refractivity (Wildman–Crippen MR) is 63.4 cm³/mol. The van der Waals surface area contributed by atoms with E-state index in [0.717, 1.165) is 13.0 Å². The van der Waals surface area contributed by atoms with Crippen LogP contribution >= 0.6 is 11.6 Å². The van der Waals surface area contributed by atoms with Gasteiger partial charge >= 0.3 is 0 Å². The number of anilines is 1. The van der Waals surface area contributed by atoms with Crippen LogP contribution in [0.5, 0.6) is 0 Å². The molecule has 3 rings (SSSR count). The molecule has 6 nitrogen and oxygen atoms in total. The van der Waals surface area contributed by atoms with E-state index in [1.54, 1.807) is 6.33 Å². The molecule has 3 N–H and O–H groups in total. The molecule has 1 saturated carbocycles. The first-order valence-electron chi connectivity index (χ1n) is 5.43. The number of fused-ring (bicyclic) bond motifs is 1. The number of aliphatic hydroxyl groups is 1. The molecule has 90 valence electrons. The Hall–Kier alpha value is -1.40. The number of hydrogen-bond donors (Lipinski definition) is 2. The Morgan fingerprint density at radius 3 is 3.00 bits per heavy atom. The average Bonchev–Trinajstić information content (AvgIpc) is 2.92. The van der Waals surface area contributed by atoms with Gasteiger partial charge in [0.25, 0.3) is 0 Å². The van der Waals surface area contributed by atoms with Gasteiger partial charge in [0.15, 0.2) is 10.8 Å². The molecule has 2 aromatic rings. The third-order valence-electron chi connectivity index (χ3n) is 3.17. The Bertz CT molecular complexity index is 569. The van der Waals surface area contributed by atoms with Gasteiger partial charge < -0.3 is 15.4 Å². The zero-order chi connectivity index (χ0) is 12.0. The maximum atomic E-state index is 9.01. The van der Waals surface area contributed by atoms with E-state index in [9.17, 15) is 0 Å². The van der Waals surface area contributed by atoms with Crippen molar-refractivity contribution in [2.45, 2.75) is 13.0 Å². The van der Waals surface area contributed by atoms with Crippen molar-refractivity contribution in [2.75, 3.05) is 12.3 Å². The van der Waals surface area contributed by atoms with Crippen LogP contribution in [-0.4, -0.2) is 31.2 Å². The van der Waals surface area contributed by atoms with Crippen molar-refractivity contribution in [1.29, 1.82) is 0 Å². The maximum absolute atomic E-state index is 9.01. The third kappa shape index (κ3) is 1.83. The number of hydrogen-bond acceptors (Lipinski definition) is 5. The summed E-state index contributed by atoms with van der Waals surface area (Å²) in [6, 6.07) is 0. The first-order valence-corrected chi connectivity index (χ1v) is 5.81. The van der Waals surface area contributed by atoms with E-state index in [0.29, 0.717) is 23.0 Å². The summed E-state index contributed by atoms with van der Waals surface area (Å²) in [7, 11) is 0. The lowest BCUT2D eigenvalue weighted by Gasteiger charge is -2.03. The first kappa shape index (κ1) is 10.7. The van der Waals surface area contributed by atoms with Crippen molar-refractivity contribution in [3.63, 3.8) is 0 Å². The van der Waals surface area contributed by atoms with Gasteiger partial charge in [-0.25, -0.2) is 4.98 Å². The second-order valence-electron chi connectivity index (χ2n) is 4.38. The molecule has 0 radical (unpaired) electrons. The highest BCUT2D eigenvalue weighted by atomic mass is 35.5. The predicted octanol–water partition coefficient (Wildman–Crippen LogP) is 0.690.